The summed E-state index contributed by atoms with van der Waals surface area (Å²) in [7, 11) is 0. The van der Waals surface area contributed by atoms with Gasteiger partial charge in [-0.1, -0.05) is 47.5 Å². The molecule has 1 aliphatic rings. The minimum absolute atomic E-state index is 0.00478. The van der Waals surface area contributed by atoms with Gasteiger partial charge in [-0.25, -0.2) is 0 Å². The van der Waals surface area contributed by atoms with Gasteiger partial charge in [-0.15, -0.1) is 0 Å². The van der Waals surface area contributed by atoms with Gasteiger partial charge in [0, 0.05) is 18.6 Å². The Hall–Kier alpha value is -4.00. The van der Waals surface area contributed by atoms with E-state index in [1.165, 1.54) is 12.1 Å². The summed E-state index contributed by atoms with van der Waals surface area (Å²) < 4.78 is 0. The summed E-state index contributed by atoms with van der Waals surface area (Å²) >= 11 is 0. The summed E-state index contributed by atoms with van der Waals surface area (Å²) in [4.78, 5) is 42.7. The molecule has 2 amide bonds. The molecule has 1 saturated heterocycles. The summed E-state index contributed by atoms with van der Waals surface area (Å²) in [5.41, 5.74) is 7.07. The number of nitrogens with zero attached hydrogens (tertiary/aromatic N) is 3. The molecule has 1 aliphatic heterocycles. The molecule has 0 unspecified atom stereocenters. The van der Waals surface area contributed by atoms with Crippen molar-refractivity contribution in [3.63, 3.8) is 0 Å². The van der Waals surface area contributed by atoms with E-state index < -0.39 is 16.5 Å². The van der Waals surface area contributed by atoms with Gasteiger partial charge in [-0.2, -0.15) is 0 Å². The number of hydrogen-bond donors (Lipinski definition) is 0. The van der Waals surface area contributed by atoms with Gasteiger partial charge in [0.15, 0.2) is 0 Å². The molecule has 198 valence electrons. The van der Waals surface area contributed by atoms with Crippen molar-refractivity contribution >= 4 is 28.9 Å². The molecule has 0 spiro atoms. The Bertz CT molecular complexity index is 1330. The van der Waals surface area contributed by atoms with Crippen LogP contribution in [0.4, 0.5) is 17.1 Å². The van der Waals surface area contributed by atoms with E-state index in [1.807, 2.05) is 41.5 Å². The third-order valence-electron chi connectivity index (χ3n) is 7.42. The monoisotopic (exact) mass is 513 g/mol. The van der Waals surface area contributed by atoms with Crippen LogP contribution in [0.2, 0.25) is 0 Å². The number of non-ortho nitro benzene ring substituents is 1. The minimum atomic E-state index is -1.29. The Balaban J connectivity index is 1.99. The molecule has 0 N–H and O–H groups in total. The number of carbonyl (C=O) groups excluding carboxylic acids is 2. The summed E-state index contributed by atoms with van der Waals surface area (Å²) in [6.07, 6.45) is -0.352. The van der Waals surface area contributed by atoms with Gasteiger partial charge in [-0.3, -0.25) is 29.5 Å². The highest BCUT2D eigenvalue weighted by Gasteiger charge is 2.53. The Morgan fingerprint density at radius 1 is 0.737 bits per heavy atom. The van der Waals surface area contributed by atoms with E-state index >= 15 is 0 Å². The zero-order valence-corrected chi connectivity index (χ0v) is 23.4. The second-order valence-corrected chi connectivity index (χ2v) is 11.1. The van der Waals surface area contributed by atoms with Crippen LogP contribution < -0.4 is 9.80 Å². The number of nitro groups is 1. The molecule has 0 aliphatic carbocycles. The van der Waals surface area contributed by atoms with Crippen LogP contribution in [-0.2, 0) is 16.0 Å². The molecule has 0 aromatic heterocycles. The number of rotatable bonds is 5. The molecular weight excluding hydrogens is 478 g/mol. The van der Waals surface area contributed by atoms with Crippen molar-refractivity contribution in [2.24, 2.45) is 5.41 Å². The second kappa shape index (κ2) is 9.71. The third-order valence-corrected chi connectivity index (χ3v) is 7.42. The van der Waals surface area contributed by atoms with Gasteiger partial charge in [0.2, 0.25) is 11.8 Å². The van der Waals surface area contributed by atoms with Crippen LogP contribution in [0.1, 0.15) is 52.8 Å². The third kappa shape index (κ3) is 4.57. The fourth-order valence-electron chi connectivity index (χ4n) is 5.83. The molecule has 7 heteroatoms. The van der Waals surface area contributed by atoms with Gasteiger partial charge >= 0.3 is 0 Å². The Labute approximate surface area is 224 Å². The van der Waals surface area contributed by atoms with E-state index in [0.29, 0.717) is 6.42 Å². The lowest BCUT2D eigenvalue weighted by Gasteiger charge is -2.50. The molecule has 1 fully saturated rings. The normalized spacial score (nSPS) is 15.8. The highest BCUT2D eigenvalue weighted by molar-refractivity contribution is 6.20. The summed E-state index contributed by atoms with van der Waals surface area (Å²) in [6.45, 7) is 15.4. The first-order chi connectivity index (χ1) is 17.7. The average molecular weight is 514 g/mol. The Morgan fingerprint density at radius 2 is 1.11 bits per heavy atom. The van der Waals surface area contributed by atoms with Crippen molar-refractivity contribution in [2.75, 3.05) is 9.80 Å². The van der Waals surface area contributed by atoms with E-state index in [4.69, 9.17) is 0 Å². The van der Waals surface area contributed by atoms with E-state index in [0.717, 1.165) is 50.3 Å². The number of hydrogen-bond acceptors (Lipinski definition) is 4. The number of amides is 2. The first-order valence-electron chi connectivity index (χ1n) is 12.8. The van der Waals surface area contributed by atoms with E-state index in [9.17, 15) is 19.7 Å². The summed E-state index contributed by atoms with van der Waals surface area (Å²) in [6, 6.07) is 14.5. The zero-order valence-electron chi connectivity index (χ0n) is 23.4. The summed E-state index contributed by atoms with van der Waals surface area (Å²) in [5, 5.41) is 11.2. The number of carbonyl (C=O) groups is 2. The maximum absolute atomic E-state index is 14.2. The van der Waals surface area contributed by atoms with Crippen LogP contribution in [0, 0.1) is 57.1 Å². The van der Waals surface area contributed by atoms with Crippen LogP contribution >= 0.6 is 0 Å². The quantitative estimate of drug-likeness (QED) is 0.224. The topological polar surface area (TPSA) is 83.8 Å². The Kier molecular flexibility index (Phi) is 6.91. The first kappa shape index (κ1) is 27.0. The highest BCUT2D eigenvalue weighted by atomic mass is 16.6. The van der Waals surface area contributed by atoms with Gasteiger partial charge in [-0.05, 0) is 83.2 Å². The van der Waals surface area contributed by atoms with Crippen molar-refractivity contribution in [1.82, 2.24) is 0 Å². The van der Waals surface area contributed by atoms with Gasteiger partial charge in [0.05, 0.1) is 16.3 Å². The molecule has 0 radical (unpaired) electrons. The van der Waals surface area contributed by atoms with Crippen LogP contribution in [0.15, 0.2) is 48.5 Å². The van der Waals surface area contributed by atoms with Gasteiger partial charge in [0.1, 0.15) is 11.6 Å². The second-order valence-electron chi connectivity index (χ2n) is 11.1. The number of anilines is 2. The lowest BCUT2D eigenvalue weighted by Crippen LogP contribution is -2.68. The van der Waals surface area contributed by atoms with E-state index in [-0.39, 0.29) is 17.5 Å². The highest BCUT2D eigenvalue weighted by Crippen LogP contribution is 2.42. The minimum Gasteiger partial charge on any atom is -0.289 e. The molecule has 0 bridgehead atoms. The molecule has 4 rings (SSSR count). The van der Waals surface area contributed by atoms with Crippen molar-refractivity contribution in [3.05, 3.63) is 97.6 Å². The molecule has 38 heavy (non-hydrogen) atoms. The van der Waals surface area contributed by atoms with E-state index in [1.54, 1.807) is 35.8 Å². The van der Waals surface area contributed by atoms with E-state index in [2.05, 4.69) is 24.3 Å². The lowest BCUT2D eigenvalue weighted by molar-refractivity contribution is -0.384. The predicted octanol–water partition coefficient (Wildman–Crippen LogP) is 6.42. The lowest BCUT2D eigenvalue weighted by atomic mass is 9.83. The molecular formula is C31H35N3O4. The van der Waals surface area contributed by atoms with Crippen molar-refractivity contribution < 1.29 is 14.5 Å². The molecule has 1 heterocycles. The van der Waals surface area contributed by atoms with Crippen molar-refractivity contribution in [3.8, 4) is 0 Å². The van der Waals surface area contributed by atoms with Gasteiger partial charge < -0.3 is 0 Å². The summed E-state index contributed by atoms with van der Waals surface area (Å²) in [5.74, 6) is -0.522. The molecule has 0 saturated carbocycles. The van der Waals surface area contributed by atoms with Crippen LogP contribution in [0.25, 0.3) is 0 Å². The predicted molar refractivity (Wildman–Crippen MR) is 151 cm³/mol. The molecule has 3 aromatic rings. The SMILES string of the molecule is Cc1cc(C)c(N2C(=O)C(C)(C)C(=O)N(c3c(C)cc(C)cc3C)C2Cc2ccc([N+](=O)[O-])cc2)c(C)c1. The average Bonchev–Trinajstić information content (AvgIpc) is 2.81. The fourth-order valence-corrected chi connectivity index (χ4v) is 5.83. The fraction of sp³-hybridized carbons (Fsp3) is 0.355. The number of aryl methyl sites for hydroxylation is 6. The maximum atomic E-state index is 14.2. The molecule has 3 aromatic carbocycles. The Morgan fingerprint density at radius 3 is 1.45 bits per heavy atom. The first-order valence-corrected chi connectivity index (χ1v) is 12.8. The molecule has 0 atom stereocenters. The number of benzene rings is 3. The van der Waals surface area contributed by atoms with Gasteiger partial charge in [0.25, 0.3) is 5.69 Å². The van der Waals surface area contributed by atoms with Crippen molar-refractivity contribution in [2.45, 2.75) is 68.0 Å². The smallest absolute Gasteiger partial charge is 0.269 e. The molecule has 7 nitrogen and oxygen atoms in total. The zero-order chi connectivity index (χ0) is 28.1. The largest absolute Gasteiger partial charge is 0.289 e. The van der Waals surface area contributed by atoms with Crippen LogP contribution in [-0.4, -0.2) is 22.9 Å². The van der Waals surface area contributed by atoms with Crippen LogP contribution in [0.3, 0.4) is 0 Å². The standard InChI is InChI=1S/C31H35N3O4/c1-18-13-20(3)27(21(4)14-18)32-26(17-24-9-11-25(12-10-24)34(37)38)33(30(36)31(7,8)29(32)35)28-22(5)15-19(2)16-23(28)6/h9-16,26H,17H2,1-8H3. The maximum Gasteiger partial charge on any atom is 0.269 e. The number of nitro benzene ring substituents is 1. The van der Waals surface area contributed by atoms with Crippen molar-refractivity contribution in [1.29, 1.82) is 0 Å². The van der Waals surface area contributed by atoms with Crippen LogP contribution in [0.5, 0.6) is 0 Å².